The first kappa shape index (κ1) is 15.7. The average Bonchev–Trinajstić information content (AvgIpc) is 2.40. The number of nitrogens with zero attached hydrogens (tertiary/aromatic N) is 1. The van der Waals surface area contributed by atoms with Gasteiger partial charge in [0, 0.05) is 30.2 Å². The van der Waals surface area contributed by atoms with Crippen LogP contribution in [0.5, 0.6) is 0 Å². The molecule has 0 aromatic heterocycles. The fourth-order valence-corrected chi connectivity index (χ4v) is 2.44. The summed E-state index contributed by atoms with van der Waals surface area (Å²) in [5.74, 6) is 0.190. The van der Waals surface area contributed by atoms with Crippen LogP contribution in [0.2, 0.25) is 0 Å². The topological polar surface area (TPSA) is 40.5 Å². The second kappa shape index (κ2) is 8.72. The van der Waals surface area contributed by atoms with Gasteiger partial charge in [-0.3, -0.25) is 4.79 Å². The first-order valence-electron chi connectivity index (χ1n) is 6.06. The molecule has 1 aromatic rings. The molecule has 0 spiro atoms. The molecule has 0 aliphatic heterocycles. The first-order valence-corrected chi connectivity index (χ1v) is 7.04. The third-order valence-corrected chi connectivity index (χ3v) is 3.53. The Balaban J connectivity index is 2.41. The van der Waals surface area contributed by atoms with Gasteiger partial charge < -0.3 is 10.0 Å². The van der Waals surface area contributed by atoms with Crippen LogP contribution < -0.4 is 0 Å². The molecule has 1 aromatic carbocycles. The van der Waals surface area contributed by atoms with E-state index in [0.29, 0.717) is 30.2 Å². The molecule has 1 N–H and O–H groups in total. The monoisotopic (exact) mass is 283 g/mol. The molecule has 104 valence electrons. The molecular weight excluding hydrogens is 265 g/mol. The number of rotatable bonds is 8. The van der Waals surface area contributed by atoms with Crippen LogP contribution in [-0.2, 0) is 4.79 Å². The van der Waals surface area contributed by atoms with Crippen LogP contribution >= 0.6 is 11.8 Å². The van der Waals surface area contributed by atoms with E-state index < -0.39 is 0 Å². The first-order chi connectivity index (χ1) is 9.19. The summed E-state index contributed by atoms with van der Waals surface area (Å²) in [5, 5.41) is 8.87. The van der Waals surface area contributed by atoms with Crippen molar-refractivity contribution < 1.29 is 14.3 Å². The minimum absolute atomic E-state index is 0.0576. The van der Waals surface area contributed by atoms with E-state index in [9.17, 15) is 9.18 Å². The maximum absolute atomic E-state index is 13.4. The van der Waals surface area contributed by atoms with Gasteiger partial charge in [-0.05, 0) is 12.1 Å². The molecule has 0 radical (unpaired) electrons. The fraction of sp³-hybridized carbons (Fsp3) is 0.357. The number of aliphatic hydroxyl groups is 1. The van der Waals surface area contributed by atoms with E-state index in [1.54, 1.807) is 24.3 Å². The Morgan fingerprint density at radius 1 is 1.47 bits per heavy atom. The third-order valence-electron chi connectivity index (χ3n) is 2.48. The van der Waals surface area contributed by atoms with Gasteiger partial charge in [0.05, 0.1) is 6.61 Å². The van der Waals surface area contributed by atoms with E-state index >= 15 is 0 Å². The lowest BCUT2D eigenvalue weighted by Crippen LogP contribution is -2.33. The van der Waals surface area contributed by atoms with Gasteiger partial charge in [-0.15, -0.1) is 18.3 Å². The van der Waals surface area contributed by atoms with E-state index in [1.807, 2.05) is 0 Å². The van der Waals surface area contributed by atoms with E-state index in [0.717, 1.165) is 0 Å². The van der Waals surface area contributed by atoms with Crippen molar-refractivity contribution in [1.29, 1.82) is 0 Å². The van der Waals surface area contributed by atoms with E-state index in [1.165, 1.54) is 22.7 Å². The van der Waals surface area contributed by atoms with Crippen molar-refractivity contribution in [2.24, 2.45) is 0 Å². The summed E-state index contributed by atoms with van der Waals surface area (Å²) in [6, 6.07) is 6.50. The molecule has 1 amide bonds. The summed E-state index contributed by atoms with van der Waals surface area (Å²) in [4.78, 5) is 13.9. The highest BCUT2D eigenvalue weighted by molar-refractivity contribution is 7.99. The lowest BCUT2D eigenvalue weighted by molar-refractivity contribution is -0.130. The number of amides is 1. The van der Waals surface area contributed by atoms with Gasteiger partial charge in [-0.25, -0.2) is 4.39 Å². The van der Waals surface area contributed by atoms with Crippen molar-refractivity contribution in [3.05, 3.63) is 42.7 Å². The maximum Gasteiger partial charge on any atom is 0.223 e. The molecule has 0 heterocycles. The Kier molecular flexibility index (Phi) is 7.22. The smallest absolute Gasteiger partial charge is 0.223 e. The Bertz CT molecular complexity index is 426. The van der Waals surface area contributed by atoms with Gasteiger partial charge in [0.25, 0.3) is 0 Å². The van der Waals surface area contributed by atoms with E-state index in [2.05, 4.69) is 6.58 Å². The van der Waals surface area contributed by atoms with Gasteiger partial charge in [-0.1, -0.05) is 18.2 Å². The van der Waals surface area contributed by atoms with Gasteiger partial charge in [-0.2, -0.15) is 0 Å². The minimum atomic E-state index is -0.266. The molecule has 0 bridgehead atoms. The predicted molar refractivity (Wildman–Crippen MR) is 75.6 cm³/mol. The van der Waals surface area contributed by atoms with Crippen LogP contribution in [-0.4, -0.2) is 41.4 Å². The summed E-state index contributed by atoms with van der Waals surface area (Å²) >= 11 is 1.32. The fourth-order valence-electron chi connectivity index (χ4n) is 1.56. The second-order valence-electron chi connectivity index (χ2n) is 3.88. The molecule has 0 unspecified atom stereocenters. The van der Waals surface area contributed by atoms with Crippen molar-refractivity contribution in [2.45, 2.75) is 11.3 Å². The summed E-state index contributed by atoms with van der Waals surface area (Å²) < 4.78 is 13.4. The SMILES string of the molecule is C=CCN(CCO)C(=O)CCSc1ccccc1F. The Labute approximate surface area is 117 Å². The standard InChI is InChI=1S/C14H18FNO2S/c1-2-8-16(9-10-17)14(18)7-11-19-13-6-4-3-5-12(13)15/h2-6,17H,1,7-11H2. The highest BCUT2D eigenvalue weighted by Gasteiger charge is 2.11. The van der Waals surface area contributed by atoms with Crippen LogP contribution in [0.1, 0.15) is 6.42 Å². The van der Waals surface area contributed by atoms with Crippen molar-refractivity contribution in [3.63, 3.8) is 0 Å². The van der Waals surface area contributed by atoms with Crippen LogP contribution in [0, 0.1) is 5.82 Å². The quantitative estimate of drug-likeness (QED) is 0.588. The summed E-state index contributed by atoms with van der Waals surface area (Å²) in [5.41, 5.74) is 0. The van der Waals surface area contributed by atoms with E-state index in [-0.39, 0.29) is 18.3 Å². The van der Waals surface area contributed by atoms with Crippen molar-refractivity contribution >= 4 is 17.7 Å². The molecule has 5 heteroatoms. The number of carbonyl (C=O) groups is 1. The number of aliphatic hydroxyl groups excluding tert-OH is 1. The summed E-state index contributed by atoms with van der Waals surface area (Å²) in [6.45, 7) is 4.23. The summed E-state index contributed by atoms with van der Waals surface area (Å²) in [7, 11) is 0. The molecule has 0 saturated heterocycles. The molecule has 1 rings (SSSR count). The predicted octanol–water partition coefficient (Wildman–Crippen LogP) is 2.31. The minimum Gasteiger partial charge on any atom is -0.395 e. The third kappa shape index (κ3) is 5.44. The molecule has 0 aliphatic rings. The molecule has 3 nitrogen and oxygen atoms in total. The molecular formula is C14H18FNO2S. The Morgan fingerprint density at radius 2 is 2.21 bits per heavy atom. The van der Waals surface area contributed by atoms with Crippen molar-refractivity contribution in [1.82, 2.24) is 4.90 Å². The average molecular weight is 283 g/mol. The number of carbonyl (C=O) groups excluding carboxylic acids is 1. The molecule has 0 atom stereocenters. The van der Waals surface area contributed by atoms with Crippen molar-refractivity contribution in [2.75, 3.05) is 25.4 Å². The van der Waals surface area contributed by atoms with Crippen molar-refractivity contribution in [3.8, 4) is 0 Å². The maximum atomic E-state index is 13.4. The Morgan fingerprint density at radius 3 is 2.84 bits per heavy atom. The van der Waals surface area contributed by atoms with Gasteiger partial charge in [0.2, 0.25) is 5.91 Å². The van der Waals surface area contributed by atoms with Crippen LogP contribution in [0.3, 0.4) is 0 Å². The lowest BCUT2D eigenvalue weighted by atomic mass is 10.3. The second-order valence-corrected chi connectivity index (χ2v) is 5.02. The van der Waals surface area contributed by atoms with Gasteiger partial charge >= 0.3 is 0 Å². The molecule has 0 saturated carbocycles. The molecule has 0 fully saturated rings. The van der Waals surface area contributed by atoms with Gasteiger partial charge in [0.15, 0.2) is 0 Å². The number of thioether (sulfide) groups is 1. The zero-order valence-corrected chi connectivity index (χ0v) is 11.5. The zero-order chi connectivity index (χ0) is 14.1. The number of benzene rings is 1. The molecule has 0 aliphatic carbocycles. The largest absolute Gasteiger partial charge is 0.395 e. The van der Waals surface area contributed by atoms with Crippen LogP contribution in [0.4, 0.5) is 4.39 Å². The van der Waals surface area contributed by atoms with E-state index in [4.69, 9.17) is 5.11 Å². The normalized spacial score (nSPS) is 10.2. The number of halogens is 1. The van der Waals surface area contributed by atoms with Crippen LogP contribution in [0.15, 0.2) is 41.8 Å². The Hall–Kier alpha value is -1.33. The zero-order valence-electron chi connectivity index (χ0n) is 10.7. The highest BCUT2D eigenvalue weighted by Crippen LogP contribution is 2.21. The highest BCUT2D eigenvalue weighted by atomic mass is 32.2. The number of hydrogen-bond acceptors (Lipinski definition) is 3. The van der Waals surface area contributed by atoms with Gasteiger partial charge in [0.1, 0.15) is 5.82 Å². The van der Waals surface area contributed by atoms with Crippen LogP contribution in [0.25, 0.3) is 0 Å². The summed E-state index contributed by atoms with van der Waals surface area (Å²) in [6.07, 6.45) is 1.93. The lowest BCUT2D eigenvalue weighted by Gasteiger charge is -2.19. The number of hydrogen-bond donors (Lipinski definition) is 1. The molecule has 19 heavy (non-hydrogen) atoms.